The summed E-state index contributed by atoms with van der Waals surface area (Å²) >= 11 is 5.49. The number of ether oxygens (including phenoxy) is 1. The van der Waals surface area contributed by atoms with Crippen molar-refractivity contribution in [1.29, 1.82) is 0 Å². The number of carbonyl (C=O) groups excluding carboxylic acids is 1. The van der Waals surface area contributed by atoms with Crippen molar-refractivity contribution in [1.82, 2.24) is 4.98 Å². The Hall–Kier alpha value is -1.16. The van der Waals surface area contributed by atoms with Crippen molar-refractivity contribution >= 4 is 17.6 Å². The lowest BCUT2D eigenvalue weighted by Crippen LogP contribution is -2.02. The predicted octanol–water partition coefficient (Wildman–Crippen LogP) is 1.80. The number of pyridine rings is 1. The van der Waals surface area contributed by atoms with Crippen LogP contribution in [0.2, 0.25) is 5.15 Å². The summed E-state index contributed by atoms with van der Waals surface area (Å²) < 4.78 is 17.0. The average molecular weight is 190 g/mol. The van der Waals surface area contributed by atoms with Crippen molar-refractivity contribution in [2.75, 3.05) is 0 Å². The molecule has 1 rings (SSSR count). The zero-order valence-electron chi connectivity index (χ0n) is 6.17. The van der Waals surface area contributed by atoms with Gasteiger partial charge in [0, 0.05) is 13.0 Å². The molecule has 12 heavy (non-hydrogen) atoms. The number of hydrogen-bond acceptors (Lipinski definition) is 3. The largest absolute Gasteiger partial charge is 0.423 e. The van der Waals surface area contributed by atoms with Gasteiger partial charge in [-0.25, -0.2) is 9.37 Å². The summed E-state index contributed by atoms with van der Waals surface area (Å²) in [6.45, 7) is 1.20. The Morgan fingerprint density at radius 1 is 1.75 bits per heavy atom. The number of aromatic nitrogens is 1. The molecule has 5 heteroatoms. The molecular weight excluding hydrogens is 185 g/mol. The number of halogens is 2. The van der Waals surface area contributed by atoms with Crippen molar-refractivity contribution < 1.29 is 13.9 Å². The maximum absolute atomic E-state index is 12.5. The van der Waals surface area contributed by atoms with E-state index in [1.54, 1.807) is 0 Å². The quantitative estimate of drug-likeness (QED) is 0.500. The molecule has 0 saturated carbocycles. The molecule has 0 aliphatic carbocycles. The summed E-state index contributed by atoms with van der Waals surface area (Å²) in [6, 6.07) is 0.997. The molecule has 0 amide bonds. The Morgan fingerprint density at radius 2 is 2.42 bits per heavy atom. The molecule has 0 N–H and O–H groups in total. The molecule has 64 valence electrons. The summed E-state index contributed by atoms with van der Waals surface area (Å²) in [7, 11) is 0. The van der Waals surface area contributed by atoms with Crippen LogP contribution in [-0.2, 0) is 4.79 Å². The van der Waals surface area contributed by atoms with Crippen LogP contribution in [0.25, 0.3) is 0 Å². The van der Waals surface area contributed by atoms with E-state index >= 15 is 0 Å². The molecule has 0 saturated heterocycles. The molecule has 3 nitrogen and oxygen atoms in total. The molecule has 0 bridgehead atoms. The lowest BCUT2D eigenvalue weighted by Gasteiger charge is -2.01. The summed E-state index contributed by atoms with van der Waals surface area (Å²) in [5.74, 6) is -1.23. The molecule has 0 spiro atoms. The van der Waals surface area contributed by atoms with E-state index in [0.29, 0.717) is 0 Å². The molecule has 1 heterocycles. The van der Waals surface area contributed by atoms with Crippen LogP contribution in [0.1, 0.15) is 6.92 Å². The maximum atomic E-state index is 12.5. The first-order valence-electron chi connectivity index (χ1n) is 3.09. The van der Waals surface area contributed by atoms with Gasteiger partial charge in [0.05, 0.1) is 6.20 Å². The van der Waals surface area contributed by atoms with Crippen LogP contribution < -0.4 is 4.74 Å². The van der Waals surface area contributed by atoms with Crippen molar-refractivity contribution in [2.24, 2.45) is 0 Å². The Balaban J connectivity index is 2.97. The van der Waals surface area contributed by atoms with E-state index in [1.807, 2.05) is 0 Å². The Bertz CT molecular complexity index is 316. The first-order valence-corrected chi connectivity index (χ1v) is 3.47. The molecule has 1 aromatic heterocycles. The Labute approximate surface area is 73.1 Å². The SMILES string of the molecule is CC(=O)Oc1cc(F)cnc1Cl. The number of carbonyl (C=O) groups is 1. The van der Waals surface area contributed by atoms with E-state index in [2.05, 4.69) is 9.72 Å². The van der Waals surface area contributed by atoms with Gasteiger partial charge >= 0.3 is 5.97 Å². The van der Waals surface area contributed by atoms with Gasteiger partial charge in [-0.3, -0.25) is 4.79 Å². The maximum Gasteiger partial charge on any atom is 0.308 e. The third-order valence-electron chi connectivity index (χ3n) is 1.03. The molecule has 0 atom stereocenters. The zero-order valence-corrected chi connectivity index (χ0v) is 6.93. The third-order valence-corrected chi connectivity index (χ3v) is 1.31. The number of esters is 1. The van der Waals surface area contributed by atoms with Gasteiger partial charge < -0.3 is 4.74 Å². The fourth-order valence-corrected chi connectivity index (χ4v) is 0.772. The Morgan fingerprint density at radius 3 is 3.00 bits per heavy atom. The fraction of sp³-hybridized carbons (Fsp3) is 0.143. The van der Waals surface area contributed by atoms with Crippen LogP contribution in [0, 0.1) is 5.82 Å². The highest BCUT2D eigenvalue weighted by atomic mass is 35.5. The third kappa shape index (κ3) is 2.17. The van der Waals surface area contributed by atoms with Crippen LogP contribution in [0.5, 0.6) is 5.75 Å². The molecule has 0 aliphatic heterocycles. The van der Waals surface area contributed by atoms with Gasteiger partial charge in [0.2, 0.25) is 0 Å². The smallest absolute Gasteiger partial charge is 0.308 e. The lowest BCUT2D eigenvalue weighted by atomic mass is 10.4. The van der Waals surface area contributed by atoms with Crippen molar-refractivity contribution in [3.63, 3.8) is 0 Å². The summed E-state index contributed by atoms with van der Waals surface area (Å²) in [6.07, 6.45) is 0.940. The second-order valence-corrected chi connectivity index (χ2v) is 2.39. The lowest BCUT2D eigenvalue weighted by molar-refractivity contribution is -0.131. The van der Waals surface area contributed by atoms with E-state index in [0.717, 1.165) is 12.3 Å². The second kappa shape index (κ2) is 3.49. The Kier molecular flexibility index (Phi) is 2.60. The normalized spacial score (nSPS) is 9.58. The van der Waals surface area contributed by atoms with E-state index in [9.17, 15) is 9.18 Å². The van der Waals surface area contributed by atoms with Crippen LogP contribution in [0.15, 0.2) is 12.3 Å². The highest BCUT2D eigenvalue weighted by molar-refractivity contribution is 6.30. The minimum atomic E-state index is -0.601. The number of hydrogen-bond donors (Lipinski definition) is 0. The van der Waals surface area contributed by atoms with Gasteiger partial charge in [0.15, 0.2) is 10.9 Å². The minimum Gasteiger partial charge on any atom is -0.423 e. The first kappa shape index (κ1) is 8.93. The zero-order chi connectivity index (χ0) is 9.14. The van der Waals surface area contributed by atoms with Gasteiger partial charge in [-0.05, 0) is 0 Å². The van der Waals surface area contributed by atoms with E-state index in [4.69, 9.17) is 11.6 Å². The highest BCUT2D eigenvalue weighted by Crippen LogP contribution is 2.21. The van der Waals surface area contributed by atoms with Crippen LogP contribution in [0.3, 0.4) is 0 Å². The van der Waals surface area contributed by atoms with Crippen LogP contribution in [0.4, 0.5) is 4.39 Å². The fourth-order valence-electron chi connectivity index (χ4n) is 0.630. The average Bonchev–Trinajstić information content (AvgIpc) is 1.96. The van der Waals surface area contributed by atoms with Crippen molar-refractivity contribution in [3.8, 4) is 5.75 Å². The second-order valence-electron chi connectivity index (χ2n) is 2.04. The van der Waals surface area contributed by atoms with E-state index in [1.165, 1.54) is 6.92 Å². The van der Waals surface area contributed by atoms with Crippen LogP contribution >= 0.6 is 11.6 Å². The molecule has 0 aliphatic rings. The topological polar surface area (TPSA) is 39.2 Å². The molecule has 0 fully saturated rings. The van der Waals surface area contributed by atoms with Crippen LogP contribution in [-0.4, -0.2) is 11.0 Å². The van der Waals surface area contributed by atoms with Gasteiger partial charge in [-0.2, -0.15) is 0 Å². The monoisotopic (exact) mass is 189 g/mol. The highest BCUT2D eigenvalue weighted by Gasteiger charge is 2.06. The minimum absolute atomic E-state index is 0.0356. The molecular formula is C7H5ClFNO2. The predicted molar refractivity (Wildman–Crippen MR) is 40.5 cm³/mol. The van der Waals surface area contributed by atoms with Gasteiger partial charge in [-0.15, -0.1) is 0 Å². The molecule has 0 radical (unpaired) electrons. The summed E-state index contributed by atoms with van der Waals surface area (Å²) in [4.78, 5) is 13.9. The van der Waals surface area contributed by atoms with Crippen molar-refractivity contribution in [2.45, 2.75) is 6.92 Å². The number of rotatable bonds is 1. The van der Waals surface area contributed by atoms with E-state index < -0.39 is 11.8 Å². The molecule has 0 unspecified atom stereocenters. The standard InChI is InChI=1S/C7H5ClFNO2/c1-4(11)12-6-2-5(9)3-10-7(6)8/h2-3H,1H3. The number of nitrogens with zero attached hydrogens (tertiary/aromatic N) is 1. The molecule has 0 aromatic carbocycles. The van der Waals surface area contributed by atoms with E-state index in [-0.39, 0.29) is 10.9 Å². The summed E-state index contributed by atoms with van der Waals surface area (Å²) in [5, 5.41) is -0.0356. The first-order chi connectivity index (χ1) is 5.59. The molecule has 1 aromatic rings. The van der Waals surface area contributed by atoms with Gasteiger partial charge in [0.1, 0.15) is 5.82 Å². The summed E-state index contributed by atoms with van der Waals surface area (Å²) in [5.41, 5.74) is 0. The van der Waals surface area contributed by atoms with Crippen molar-refractivity contribution in [3.05, 3.63) is 23.2 Å². The van der Waals surface area contributed by atoms with Gasteiger partial charge in [-0.1, -0.05) is 11.6 Å². The van der Waals surface area contributed by atoms with Gasteiger partial charge in [0.25, 0.3) is 0 Å².